The number of hydrogen-bond donors (Lipinski definition) is 1. The molecule has 3 aromatic rings. The normalized spacial score (nSPS) is 14.1. The van der Waals surface area contributed by atoms with Crippen LogP contribution in [0, 0.1) is 0 Å². The number of carbonyl (C=O) groups excluding carboxylic acids is 2. The predicted octanol–water partition coefficient (Wildman–Crippen LogP) is 5.43. The van der Waals surface area contributed by atoms with Crippen LogP contribution in [0.1, 0.15) is 36.8 Å². The maximum Gasteiger partial charge on any atom is 0.261 e. The van der Waals surface area contributed by atoms with E-state index in [-0.39, 0.29) is 31.0 Å². The summed E-state index contributed by atoms with van der Waals surface area (Å²) in [6.45, 7) is 0.0246. The van der Waals surface area contributed by atoms with E-state index in [1.165, 1.54) is 0 Å². The standard InChI is InChI=1S/C30H33ClN2O4/c1-36-26-15-7-11-23(17-26)20-33(29(34)21-37-27-16-8-12-24(31)19-27)28(18-22-9-3-2-4-10-22)30(35)32-25-13-5-6-14-25/h2-4,7-12,15-17,19,25,28H,5-6,13-14,18,20-21H2,1H3,(H,32,35)/t28-/m0/s1. The molecule has 37 heavy (non-hydrogen) atoms. The minimum absolute atomic E-state index is 0.141. The SMILES string of the molecule is COc1cccc(CN(C(=O)COc2cccc(Cl)c2)[C@@H](Cc2ccccc2)C(=O)NC2CCCC2)c1. The third-order valence-electron chi connectivity index (χ3n) is 6.62. The molecule has 0 saturated heterocycles. The lowest BCUT2D eigenvalue weighted by molar-refractivity contribution is -0.143. The Hall–Kier alpha value is -3.51. The summed E-state index contributed by atoms with van der Waals surface area (Å²) in [6, 6.07) is 23.7. The van der Waals surface area contributed by atoms with Crippen LogP contribution < -0.4 is 14.8 Å². The fourth-order valence-corrected chi connectivity index (χ4v) is 4.85. The van der Waals surface area contributed by atoms with Gasteiger partial charge in [0.1, 0.15) is 17.5 Å². The minimum Gasteiger partial charge on any atom is -0.497 e. The van der Waals surface area contributed by atoms with Crippen molar-refractivity contribution in [3.05, 3.63) is 95.0 Å². The smallest absolute Gasteiger partial charge is 0.261 e. The molecule has 1 aliphatic carbocycles. The maximum atomic E-state index is 13.7. The van der Waals surface area contributed by atoms with Crippen LogP contribution in [0.15, 0.2) is 78.9 Å². The van der Waals surface area contributed by atoms with Crippen molar-refractivity contribution in [1.29, 1.82) is 0 Å². The van der Waals surface area contributed by atoms with E-state index in [1.807, 2.05) is 54.6 Å². The van der Waals surface area contributed by atoms with Gasteiger partial charge in [-0.2, -0.15) is 0 Å². The third-order valence-corrected chi connectivity index (χ3v) is 6.85. The van der Waals surface area contributed by atoms with Crippen LogP contribution >= 0.6 is 11.6 Å². The number of ether oxygens (including phenoxy) is 2. The average molecular weight is 521 g/mol. The first-order chi connectivity index (χ1) is 18.0. The molecule has 0 aliphatic heterocycles. The summed E-state index contributed by atoms with van der Waals surface area (Å²) in [5.74, 6) is 0.757. The van der Waals surface area contributed by atoms with Crippen molar-refractivity contribution in [2.75, 3.05) is 13.7 Å². The van der Waals surface area contributed by atoms with E-state index in [9.17, 15) is 9.59 Å². The van der Waals surface area contributed by atoms with Crippen molar-refractivity contribution in [1.82, 2.24) is 10.2 Å². The highest BCUT2D eigenvalue weighted by Crippen LogP contribution is 2.22. The van der Waals surface area contributed by atoms with Crippen LogP contribution in [0.3, 0.4) is 0 Å². The molecule has 0 unspecified atom stereocenters. The molecule has 1 aliphatic rings. The third kappa shape index (κ3) is 7.73. The van der Waals surface area contributed by atoms with Crippen LogP contribution in [-0.2, 0) is 22.6 Å². The number of amides is 2. The van der Waals surface area contributed by atoms with Crippen molar-refractivity contribution in [3.8, 4) is 11.5 Å². The lowest BCUT2D eigenvalue weighted by Gasteiger charge is -2.32. The van der Waals surface area contributed by atoms with Crippen molar-refractivity contribution >= 4 is 23.4 Å². The van der Waals surface area contributed by atoms with Gasteiger partial charge < -0.3 is 19.7 Å². The summed E-state index contributed by atoms with van der Waals surface area (Å²) in [7, 11) is 1.61. The van der Waals surface area contributed by atoms with Gasteiger partial charge in [0.2, 0.25) is 5.91 Å². The predicted molar refractivity (Wildman–Crippen MR) is 145 cm³/mol. The van der Waals surface area contributed by atoms with Crippen molar-refractivity contribution in [2.45, 2.75) is 50.7 Å². The fraction of sp³-hybridized carbons (Fsp3) is 0.333. The lowest BCUT2D eigenvalue weighted by Crippen LogP contribution is -2.53. The van der Waals surface area contributed by atoms with Gasteiger partial charge in [-0.1, -0.05) is 73.0 Å². The number of halogens is 1. The molecule has 0 bridgehead atoms. The topological polar surface area (TPSA) is 67.9 Å². The van der Waals surface area contributed by atoms with Gasteiger partial charge in [-0.25, -0.2) is 0 Å². The second-order valence-corrected chi connectivity index (χ2v) is 9.75. The van der Waals surface area contributed by atoms with Crippen LogP contribution in [-0.4, -0.2) is 42.5 Å². The summed E-state index contributed by atoms with van der Waals surface area (Å²) in [5.41, 5.74) is 1.84. The molecule has 6 nitrogen and oxygen atoms in total. The monoisotopic (exact) mass is 520 g/mol. The van der Waals surface area contributed by atoms with E-state index in [2.05, 4.69) is 5.32 Å². The molecule has 0 spiro atoms. The summed E-state index contributed by atoms with van der Waals surface area (Å²) >= 11 is 6.08. The lowest BCUT2D eigenvalue weighted by atomic mass is 10.0. The molecule has 1 saturated carbocycles. The molecule has 3 aromatic carbocycles. The first-order valence-corrected chi connectivity index (χ1v) is 13.0. The first kappa shape index (κ1) is 26.6. The van der Waals surface area contributed by atoms with Crippen LogP contribution in [0.25, 0.3) is 0 Å². The Bertz CT molecular complexity index is 1180. The fourth-order valence-electron chi connectivity index (χ4n) is 4.67. The number of hydrogen-bond acceptors (Lipinski definition) is 4. The van der Waals surface area contributed by atoms with Crippen LogP contribution in [0.5, 0.6) is 11.5 Å². The Labute approximate surface area is 223 Å². The number of nitrogens with zero attached hydrogens (tertiary/aromatic N) is 1. The Balaban J connectivity index is 1.62. The maximum absolute atomic E-state index is 13.7. The molecule has 0 radical (unpaired) electrons. The van der Waals surface area contributed by atoms with E-state index in [0.717, 1.165) is 36.8 Å². The van der Waals surface area contributed by atoms with Crippen molar-refractivity contribution < 1.29 is 19.1 Å². The number of methoxy groups -OCH3 is 1. The molecule has 1 atom stereocenters. The molecule has 1 fully saturated rings. The van der Waals surface area contributed by atoms with E-state index in [4.69, 9.17) is 21.1 Å². The number of carbonyl (C=O) groups is 2. The van der Waals surface area contributed by atoms with Gasteiger partial charge in [-0.15, -0.1) is 0 Å². The zero-order chi connectivity index (χ0) is 26.0. The van der Waals surface area contributed by atoms with E-state index in [0.29, 0.717) is 22.9 Å². The van der Waals surface area contributed by atoms with Crippen molar-refractivity contribution in [2.24, 2.45) is 0 Å². The van der Waals surface area contributed by atoms with Gasteiger partial charge in [-0.3, -0.25) is 9.59 Å². The van der Waals surface area contributed by atoms with Crippen molar-refractivity contribution in [3.63, 3.8) is 0 Å². The molecule has 0 heterocycles. The molecule has 2 amide bonds. The molecule has 0 aromatic heterocycles. The number of rotatable bonds is 11. The van der Waals surface area contributed by atoms with Crippen LogP contribution in [0.4, 0.5) is 0 Å². The zero-order valence-electron chi connectivity index (χ0n) is 21.1. The van der Waals surface area contributed by atoms with Gasteiger partial charge in [0, 0.05) is 24.0 Å². The molecule has 194 valence electrons. The van der Waals surface area contributed by atoms with Gasteiger partial charge in [0.25, 0.3) is 5.91 Å². The number of nitrogens with one attached hydrogen (secondary N) is 1. The number of benzene rings is 3. The summed E-state index contributed by atoms with van der Waals surface area (Å²) in [6.07, 6.45) is 4.53. The van der Waals surface area contributed by atoms with Crippen LogP contribution in [0.2, 0.25) is 5.02 Å². The summed E-state index contributed by atoms with van der Waals surface area (Å²) in [4.78, 5) is 29.0. The average Bonchev–Trinajstić information content (AvgIpc) is 3.43. The second-order valence-electron chi connectivity index (χ2n) is 9.31. The van der Waals surface area contributed by atoms with E-state index >= 15 is 0 Å². The Morgan fingerprint density at radius 3 is 2.38 bits per heavy atom. The Morgan fingerprint density at radius 1 is 0.946 bits per heavy atom. The molecule has 1 N–H and O–H groups in total. The zero-order valence-corrected chi connectivity index (χ0v) is 21.8. The quantitative estimate of drug-likeness (QED) is 0.366. The summed E-state index contributed by atoms with van der Waals surface area (Å²) < 4.78 is 11.2. The van der Waals surface area contributed by atoms with E-state index < -0.39 is 6.04 Å². The Kier molecular flexibility index (Phi) is 9.44. The first-order valence-electron chi connectivity index (χ1n) is 12.7. The highest BCUT2D eigenvalue weighted by atomic mass is 35.5. The van der Waals surface area contributed by atoms with Gasteiger partial charge in [0.15, 0.2) is 6.61 Å². The highest BCUT2D eigenvalue weighted by Gasteiger charge is 2.32. The molecule has 7 heteroatoms. The molecule has 4 rings (SSSR count). The molecular formula is C30H33ClN2O4. The van der Waals surface area contributed by atoms with Gasteiger partial charge >= 0.3 is 0 Å². The highest BCUT2D eigenvalue weighted by molar-refractivity contribution is 6.30. The second kappa shape index (κ2) is 13.2. The minimum atomic E-state index is -0.704. The Morgan fingerprint density at radius 2 is 1.65 bits per heavy atom. The van der Waals surface area contributed by atoms with Gasteiger partial charge in [0.05, 0.1) is 7.11 Å². The van der Waals surface area contributed by atoms with Gasteiger partial charge in [-0.05, 0) is 54.3 Å². The molecular weight excluding hydrogens is 488 g/mol. The summed E-state index contributed by atoms with van der Waals surface area (Å²) in [5, 5.41) is 3.73. The van der Waals surface area contributed by atoms with E-state index in [1.54, 1.807) is 36.3 Å². The largest absolute Gasteiger partial charge is 0.497 e.